The van der Waals surface area contributed by atoms with Crippen LogP contribution in [-0.4, -0.2) is 16.2 Å². The van der Waals surface area contributed by atoms with Crippen molar-refractivity contribution in [2.75, 3.05) is 0 Å². The molecule has 0 saturated carbocycles. The van der Waals surface area contributed by atoms with Crippen molar-refractivity contribution < 1.29 is 9.90 Å². The quantitative estimate of drug-likeness (QED) is 0.692. The maximum Gasteiger partial charge on any atom is 0.264 e. The Morgan fingerprint density at radius 3 is 2.82 bits per heavy atom. The smallest absolute Gasteiger partial charge is 0.264 e. The van der Waals surface area contributed by atoms with Crippen LogP contribution in [0.1, 0.15) is 5.56 Å². The molecule has 3 N–H and O–H groups in total. The molecule has 1 aromatic rings. The van der Waals surface area contributed by atoms with Gasteiger partial charge in [0.25, 0.3) is 5.91 Å². The third-order valence-corrected chi connectivity index (χ3v) is 3.58. The molecule has 4 nitrogen and oxygen atoms in total. The van der Waals surface area contributed by atoms with Gasteiger partial charge in [0.05, 0.1) is 9.93 Å². The number of hydrogen-bond donors (Lipinski definition) is 3. The van der Waals surface area contributed by atoms with Crippen LogP contribution in [-0.2, 0) is 4.79 Å². The number of phenolic OH excluding ortho intramolecular Hbond substituents is 1. The minimum absolute atomic E-state index is 0.0711. The van der Waals surface area contributed by atoms with Crippen molar-refractivity contribution in [1.82, 2.24) is 5.32 Å². The van der Waals surface area contributed by atoms with E-state index in [1.54, 1.807) is 12.1 Å². The van der Waals surface area contributed by atoms with Crippen LogP contribution in [0.5, 0.6) is 5.75 Å². The number of amides is 1. The Bertz CT molecular complexity index is 559. The average Bonchev–Trinajstić information content (AvgIpc) is 2.53. The molecule has 0 aromatic heterocycles. The van der Waals surface area contributed by atoms with Crippen LogP contribution in [0.15, 0.2) is 21.5 Å². The number of halogens is 2. The van der Waals surface area contributed by atoms with E-state index in [2.05, 4.69) is 21.2 Å². The molecule has 0 radical (unpaired) electrons. The number of nitrogens with one attached hydrogen (secondary N) is 2. The summed E-state index contributed by atoms with van der Waals surface area (Å²) in [5.74, 6) is -0.440. The molecular weight excluding hydrogens is 328 g/mol. The first-order valence-corrected chi connectivity index (χ1v) is 6.43. The topological polar surface area (TPSA) is 73.2 Å². The number of carbonyl (C=O) groups is 1. The highest BCUT2D eigenvalue weighted by molar-refractivity contribution is 9.10. The molecule has 88 valence electrons. The minimum Gasteiger partial charge on any atom is -0.506 e. The third-order valence-electron chi connectivity index (χ3n) is 2.01. The molecule has 1 aromatic carbocycles. The van der Waals surface area contributed by atoms with Gasteiger partial charge in [-0.15, -0.1) is 0 Å². The van der Waals surface area contributed by atoms with E-state index < -0.39 is 0 Å². The van der Waals surface area contributed by atoms with Crippen molar-refractivity contribution in [2.24, 2.45) is 0 Å². The lowest BCUT2D eigenvalue weighted by molar-refractivity contribution is -0.115. The fourth-order valence-corrected chi connectivity index (χ4v) is 2.81. The lowest BCUT2D eigenvalue weighted by Gasteiger charge is -2.03. The predicted molar refractivity (Wildman–Crippen MR) is 72.3 cm³/mol. The van der Waals surface area contributed by atoms with Crippen LogP contribution in [0.25, 0.3) is 6.08 Å². The SMILES string of the molecule is N=C1NC(=O)/C(=C/c2cc(Br)cc(Cl)c2O)S1. The summed E-state index contributed by atoms with van der Waals surface area (Å²) in [6.07, 6.45) is 1.49. The van der Waals surface area contributed by atoms with Crippen LogP contribution in [0.2, 0.25) is 5.02 Å². The zero-order valence-corrected chi connectivity index (χ0v) is 11.4. The van der Waals surface area contributed by atoms with Gasteiger partial charge >= 0.3 is 0 Å². The lowest BCUT2D eigenvalue weighted by Crippen LogP contribution is -2.18. The summed E-state index contributed by atoms with van der Waals surface area (Å²) in [6.45, 7) is 0. The van der Waals surface area contributed by atoms with Crippen LogP contribution in [0, 0.1) is 5.41 Å². The van der Waals surface area contributed by atoms with E-state index in [1.807, 2.05) is 0 Å². The molecule has 1 saturated heterocycles. The van der Waals surface area contributed by atoms with Gasteiger partial charge in [0.2, 0.25) is 0 Å². The van der Waals surface area contributed by atoms with Gasteiger partial charge in [0.1, 0.15) is 5.75 Å². The minimum atomic E-state index is -0.351. The van der Waals surface area contributed by atoms with E-state index in [4.69, 9.17) is 17.0 Å². The van der Waals surface area contributed by atoms with Gasteiger partial charge in [0, 0.05) is 10.0 Å². The van der Waals surface area contributed by atoms with E-state index in [1.165, 1.54) is 6.08 Å². The third kappa shape index (κ3) is 2.65. The second kappa shape index (κ2) is 4.72. The Morgan fingerprint density at radius 2 is 2.24 bits per heavy atom. The highest BCUT2D eigenvalue weighted by Gasteiger charge is 2.22. The summed E-state index contributed by atoms with van der Waals surface area (Å²) in [5.41, 5.74) is 0.428. The van der Waals surface area contributed by atoms with Crippen molar-refractivity contribution >= 4 is 56.4 Å². The molecule has 0 aliphatic carbocycles. The monoisotopic (exact) mass is 332 g/mol. The summed E-state index contributed by atoms with van der Waals surface area (Å²) in [6, 6.07) is 3.20. The molecule has 1 aliphatic rings. The van der Waals surface area contributed by atoms with Crippen LogP contribution >= 0.6 is 39.3 Å². The van der Waals surface area contributed by atoms with E-state index in [0.29, 0.717) is 14.9 Å². The molecule has 1 aliphatic heterocycles. The van der Waals surface area contributed by atoms with E-state index in [9.17, 15) is 9.90 Å². The highest BCUT2D eigenvalue weighted by Crippen LogP contribution is 2.34. The standard InChI is InChI=1S/C10H6BrClN2O2S/c11-5-1-4(8(15)6(12)3-5)2-7-9(16)14-10(13)17-7/h1-3,15H,(H2,13,14,16)/b7-2-. The van der Waals surface area contributed by atoms with Gasteiger partial charge in [-0.1, -0.05) is 27.5 Å². The molecule has 2 rings (SSSR count). The molecule has 1 fully saturated rings. The van der Waals surface area contributed by atoms with Crippen molar-refractivity contribution in [3.63, 3.8) is 0 Å². The van der Waals surface area contributed by atoms with Crippen molar-refractivity contribution in [2.45, 2.75) is 0 Å². The van der Waals surface area contributed by atoms with Gasteiger partial charge in [-0.3, -0.25) is 10.2 Å². The van der Waals surface area contributed by atoms with Crippen LogP contribution in [0.3, 0.4) is 0 Å². The van der Waals surface area contributed by atoms with Crippen molar-refractivity contribution in [1.29, 1.82) is 5.41 Å². The largest absolute Gasteiger partial charge is 0.506 e. The van der Waals surface area contributed by atoms with Crippen molar-refractivity contribution in [3.05, 3.63) is 32.1 Å². The summed E-state index contributed by atoms with van der Waals surface area (Å²) < 4.78 is 0.700. The van der Waals surface area contributed by atoms with Gasteiger partial charge in [0.15, 0.2) is 5.17 Å². The van der Waals surface area contributed by atoms with Gasteiger partial charge in [-0.25, -0.2) is 0 Å². The molecule has 1 amide bonds. The Balaban J connectivity index is 2.46. The lowest BCUT2D eigenvalue weighted by atomic mass is 10.2. The summed E-state index contributed by atoms with van der Waals surface area (Å²) in [5, 5.41) is 19.7. The van der Waals surface area contributed by atoms with E-state index in [-0.39, 0.29) is 21.8 Å². The molecular formula is C10H6BrClN2O2S. The molecule has 0 unspecified atom stereocenters. The number of thioether (sulfide) groups is 1. The zero-order chi connectivity index (χ0) is 12.6. The summed E-state index contributed by atoms with van der Waals surface area (Å²) in [7, 11) is 0. The first-order valence-electron chi connectivity index (χ1n) is 4.45. The maximum atomic E-state index is 11.4. The predicted octanol–water partition coefficient (Wildman–Crippen LogP) is 2.95. The number of carbonyl (C=O) groups excluding carboxylic acids is 1. The Morgan fingerprint density at radius 1 is 1.53 bits per heavy atom. The summed E-state index contributed by atoms with van der Waals surface area (Å²) >= 11 is 10.1. The normalized spacial score (nSPS) is 17.6. The molecule has 0 bridgehead atoms. The first kappa shape index (κ1) is 12.5. The maximum absolute atomic E-state index is 11.4. The Hall–Kier alpha value is -0.980. The molecule has 17 heavy (non-hydrogen) atoms. The van der Waals surface area contributed by atoms with Crippen LogP contribution < -0.4 is 5.32 Å². The number of aromatic hydroxyl groups is 1. The molecule has 1 heterocycles. The Kier molecular flexibility index (Phi) is 3.46. The molecule has 7 heteroatoms. The fraction of sp³-hybridized carbons (Fsp3) is 0. The molecule has 0 spiro atoms. The second-order valence-electron chi connectivity index (χ2n) is 3.22. The number of amidine groups is 1. The number of benzene rings is 1. The fourth-order valence-electron chi connectivity index (χ4n) is 1.28. The van der Waals surface area contributed by atoms with Gasteiger partial charge < -0.3 is 10.4 Å². The number of hydrogen-bond acceptors (Lipinski definition) is 4. The summed E-state index contributed by atoms with van der Waals surface area (Å²) in [4.78, 5) is 11.7. The second-order valence-corrected chi connectivity index (χ2v) is 5.59. The zero-order valence-electron chi connectivity index (χ0n) is 8.25. The average molecular weight is 334 g/mol. The molecule has 0 atom stereocenters. The highest BCUT2D eigenvalue weighted by atomic mass is 79.9. The van der Waals surface area contributed by atoms with E-state index >= 15 is 0 Å². The van der Waals surface area contributed by atoms with E-state index in [0.717, 1.165) is 11.8 Å². The number of rotatable bonds is 1. The first-order chi connectivity index (χ1) is 7.97. The number of phenols is 1. The van der Waals surface area contributed by atoms with Gasteiger partial charge in [-0.2, -0.15) is 0 Å². The van der Waals surface area contributed by atoms with Crippen molar-refractivity contribution in [3.8, 4) is 5.75 Å². The van der Waals surface area contributed by atoms with Crippen LogP contribution in [0.4, 0.5) is 0 Å². The Labute approximate surface area is 115 Å². The van der Waals surface area contributed by atoms with Gasteiger partial charge in [-0.05, 0) is 30.0 Å².